The highest BCUT2D eigenvalue weighted by molar-refractivity contribution is 5.79. The molecule has 0 fully saturated rings. The van der Waals surface area contributed by atoms with Crippen LogP contribution in [0, 0.1) is 6.92 Å². The van der Waals surface area contributed by atoms with E-state index in [0.717, 1.165) is 35.5 Å². The smallest absolute Gasteiger partial charge is 0.193 e. The first-order valence-electron chi connectivity index (χ1n) is 9.10. The summed E-state index contributed by atoms with van der Waals surface area (Å²) in [5.41, 5.74) is 2.27. The van der Waals surface area contributed by atoms with E-state index in [4.69, 9.17) is 4.74 Å². The Balaban J connectivity index is 1.57. The molecule has 7 nitrogen and oxygen atoms in total. The van der Waals surface area contributed by atoms with Gasteiger partial charge < -0.3 is 15.0 Å². The number of nitrogens with one attached hydrogen (secondary N) is 1. The average Bonchev–Trinajstić information content (AvgIpc) is 3.15. The van der Waals surface area contributed by atoms with Crippen molar-refractivity contribution in [3.05, 3.63) is 71.9 Å². The summed E-state index contributed by atoms with van der Waals surface area (Å²) < 4.78 is 7.17. The molecule has 0 aliphatic carbocycles. The fourth-order valence-corrected chi connectivity index (χ4v) is 2.93. The minimum Gasteiger partial charge on any atom is -0.497 e. The van der Waals surface area contributed by atoms with Crippen LogP contribution < -0.4 is 10.1 Å². The summed E-state index contributed by atoms with van der Waals surface area (Å²) in [5, 5.41) is 3.39. The SMILES string of the molecule is CN=C(NCc1ccc(-n2ccnc2C)nc1)N(C)Cc1ccc(OC)cc1. The molecule has 0 bridgehead atoms. The topological polar surface area (TPSA) is 67.6 Å². The van der Waals surface area contributed by atoms with Gasteiger partial charge in [0.25, 0.3) is 0 Å². The molecule has 0 spiro atoms. The summed E-state index contributed by atoms with van der Waals surface area (Å²) in [6.45, 7) is 3.36. The first-order chi connectivity index (χ1) is 13.6. The second-order valence-corrected chi connectivity index (χ2v) is 6.47. The lowest BCUT2D eigenvalue weighted by molar-refractivity contribution is 0.414. The van der Waals surface area contributed by atoms with Crippen molar-refractivity contribution in [2.45, 2.75) is 20.0 Å². The van der Waals surface area contributed by atoms with E-state index in [9.17, 15) is 0 Å². The molecule has 28 heavy (non-hydrogen) atoms. The molecule has 1 aromatic carbocycles. The van der Waals surface area contributed by atoms with Gasteiger partial charge in [-0.25, -0.2) is 9.97 Å². The lowest BCUT2D eigenvalue weighted by Crippen LogP contribution is -2.38. The molecule has 146 valence electrons. The average molecular weight is 378 g/mol. The fourth-order valence-electron chi connectivity index (χ4n) is 2.93. The summed E-state index contributed by atoms with van der Waals surface area (Å²) in [4.78, 5) is 15.2. The zero-order valence-electron chi connectivity index (χ0n) is 16.8. The minimum atomic E-state index is 0.649. The van der Waals surface area contributed by atoms with Gasteiger partial charge >= 0.3 is 0 Å². The molecule has 2 aromatic heterocycles. The van der Waals surface area contributed by atoms with Crippen LogP contribution in [0.15, 0.2) is 60.0 Å². The van der Waals surface area contributed by atoms with E-state index in [2.05, 4.69) is 43.4 Å². The maximum absolute atomic E-state index is 5.21. The number of aryl methyl sites for hydroxylation is 1. The van der Waals surface area contributed by atoms with Crippen LogP contribution in [0.2, 0.25) is 0 Å². The van der Waals surface area contributed by atoms with Crippen molar-refractivity contribution in [1.29, 1.82) is 0 Å². The van der Waals surface area contributed by atoms with Gasteiger partial charge in [-0.1, -0.05) is 18.2 Å². The summed E-state index contributed by atoms with van der Waals surface area (Å²) >= 11 is 0. The zero-order valence-corrected chi connectivity index (χ0v) is 16.8. The van der Waals surface area contributed by atoms with Crippen LogP contribution >= 0.6 is 0 Å². The van der Waals surface area contributed by atoms with E-state index >= 15 is 0 Å². The molecule has 0 aliphatic heterocycles. The Morgan fingerprint density at radius 3 is 2.46 bits per heavy atom. The minimum absolute atomic E-state index is 0.649. The van der Waals surface area contributed by atoms with Crippen molar-refractivity contribution < 1.29 is 4.74 Å². The van der Waals surface area contributed by atoms with Crippen molar-refractivity contribution in [1.82, 2.24) is 24.8 Å². The quantitative estimate of drug-likeness (QED) is 0.528. The van der Waals surface area contributed by atoms with E-state index < -0.39 is 0 Å². The van der Waals surface area contributed by atoms with E-state index in [-0.39, 0.29) is 0 Å². The second-order valence-electron chi connectivity index (χ2n) is 6.47. The molecule has 0 saturated heterocycles. The fraction of sp³-hybridized carbons (Fsp3) is 0.286. The largest absolute Gasteiger partial charge is 0.497 e. The highest BCUT2D eigenvalue weighted by Crippen LogP contribution is 2.13. The Labute approximate surface area is 165 Å². The summed E-state index contributed by atoms with van der Waals surface area (Å²) in [7, 11) is 5.48. The zero-order chi connectivity index (χ0) is 19.9. The van der Waals surface area contributed by atoms with Crippen molar-refractivity contribution in [3.63, 3.8) is 0 Å². The van der Waals surface area contributed by atoms with E-state index in [0.29, 0.717) is 6.54 Å². The number of aliphatic imine (C=N–C) groups is 1. The summed E-state index contributed by atoms with van der Waals surface area (Å²) in [5.74, 6) is 3.46. The highest BCUT2D eigenvalue weighted by atomic mass is 16.5. The Hall–Kier alpha value is -3.35. The number of imidazole rings is 1. The third kappa shape index (κ3) is 4.68. The maximum atomic E-state index is 5.21. The molecule has 0 atom stereocenters. The number of rotatable bonds is 6. The van der Waals surface area contributed by atoms with Crippen molar-refractivity contribution in [2.24, 2.45) is 4.99 Å². The lowest BCUT2D eigenvalue weighted by atomic mass is 10.2. The van der Waals surface area contributed by atoms with Crippen LogP contribution in [-0.4, -0.2) is 46.6 Å². The van der Waals surface area contributed by atoms with Crippen LogP contribution in [0.5, 0.6) is 5.75 Å². The van der Waals surface area contributed by atoms with Gasteiger partial charge in [-0.3, -0.25) is 9.56 Å². The monoisotopic (exact) mass is 378 g/mol. The molecule has 0 amide bonds. The summed E-state index contributed by atoms with van der Waals surface area (Å²) in [6.07, 6.45) is 5.55. The standard InChI is InChI=1S/C21H26N6O/c1-16-23-11-12-27(16)20-10-7-18(13-24-20)14-25-21(22-2)26(3)15-17-5-8-19(28-4)9-6-17/h5-13H,14-15H2,1-4H3,(H,22,25). The molecular weight excluding hydrogens is 352 g/mol. The first kappa shape index (κ1) is 19.4. The molecule has 3 aromatic rings. The predicted molar refractivity (Wildman–Crippen MR) is 111 cm³/mol. The number of methoxy groups -OCH3 is 1. The number of ether oxygens (including phenoxy) is 1. The van der Waals surface area contributed by atoms with Crippen molar-refractivity contribution in [2.75, 3.05) is 21.2 Å². The normalized spacial score (nSPS) is 11.4. The number of hydrogen-bond acceptors (Lipinski definition) is 4. The molecular formula is C21H26N6O. The van der Waals surface area contributed by atoms with Crippen molar-refractivity contribution >= 4 is 5.96 Å². The van der Waals surface area contributed by atoms with Gasteiger partial charge in [0.1, 0.15) is 17.4 Å². The van der Waals surface area contributed by atoms with E-state index in [1.807, 2.05) is 49.1 Å². The summed E-state index contributed by atoms with van der Waals surface area (Å²) in [6, 6.07) is 12.1. The third-order valence-corrected chi connectivity index (χ3v) is 4.48. The number of hydrogen-bond donors (Lipinski definition) is 1. The van der Waals surface area contributed by atoms with Gasteiger partial charge in [-0.05, 0) is 36.2 Å². The molecule has 0 radical (unpaired) electrons. The van der Waals surface area contributed by atoms with Crippen LogP contribution in [0.3, 0.4) is 0 Å². The number of aromatic nitrogens is 3. The van der Waals surface area contributed by atoms with Gasteiger partial charge in [0.15, 0.2) is 5.96 Å². The molecule has 7 heteroatoms. The number of nitrogens with zero attached hydrogens (tertiary/aromatic N) is 5. The Kier molecular flexibility index (Phi) is 6.26. The second kappa shape index (κ2) is 9.03. The third-order valence-electron chi connectivity index (χ3n) is 4.48. The van der Waals surface area contributed by atoms with Gasteiger partial charge in [0, 0.05) is 45.8 Å². The number of pyridine rings is 1. The van der Waals surface area contributed by atoms with Crippen LogP contribution in [0.4, 0.5) is 0 Å². The van der Waals surface area contributed by atoms with Gasteiger partial charge in [-0.2, -0.15) is 0 Å². The molecule has 3 rings (SSSR count). The molecule has 1 N–H and O–H groups in total. The Morgan fingerprint density at radius 1 is 1.14 bits per heavy atom. The Morgan fingerprint density at radius 2 is 1.89 bits per heavy atom. The molecule has 0 aliphatic rings. The van der Waals surface area contributed by atoms with Gasteiger partial charge in [0.05, 0.1) is 7.11 Å². The lowest BCUT2D eigenvalue weighted by Gasteiger charge is -2.22. The maximum Gasteiger partial charge on any atom is 0.193 e. The molecule has 0 saturated carbocycles. The van der Waals surface area contributed by atoms with Crippen LogP contribution in [-0.2, 0) is 13.1 Å². The predicted octanol–water partition coefficient (Wildman–Crippen LogP) is 2.79. The Bertz CT molecular complexity index is 915. The number of benzene rings is 1. The first-order valence-corrected chi connectivity index (χ1v) is 9.10. The van der Waals surface area contributed by atoms with Gasteiger partial charge in [0.2, 0.25) is 0 Å². The number of guanidine groups is 1. The van der Waals surface area contributed by atoms with E-state index in [1.54, 1.807) is 20.4 Å². The van der Waals surface area contributed by atoms with Crippen molar-refractivity contribution in [3.8, 4) is 11.6 Å². The highest BCUT2D eigenvalue weighted by Gasteiger charge is 2.08. The van der Waals surface area contributed by atoms with Crippen LogP contribution in [0.1, 0.15) is 17.0 Å². The van der Waals surface area contributed by atoms with Crippen LogP contribution in [0.25, 0.3) is 5.82 Å². The van der Waals surface area contributed by atoms with Gasteiger partial charge in [-0.15, -0.1) is 0 Å². The van der Waals surface area contributed by atoms with E-state index in [1.165, 1.54) is 5.56 Å². The molecule has 2 heterocycles. The molecule has 0 unspecified atom stereocenters.